The number of ether oxygens (including phenoxy) is 1. The van der Waals surface area contributed by atoms with Gasteiger partial charge in [-0.3, -0.25) is 0 Å². The van der Waals surface area contributed by atoms with Gasteiger partial charge in [-0.15, -0.1) is 11.8 Å². The van der Waals surface area contributed by atoms with Gasteiger partial charge in [-0.25, -0.2) is 0 Å². The van der Waals surface area contributed by atoms with Crippen LogP contribution in [0.5, 0.6) is 5.75 Å². The molecule has 0 amide bonds. The standard InChI is InChI=1S/C18H23NOS/c1-4-19-18(16-8-6-7-9-17(16)20-3)14-10-12-15(13-11-14)21-5-2/h6-13,18-19H,4-5H2,1-3H3. The summed E-state index contributed by atoms with van der Waals surface area (Å²) in [4.78, 5) is 1.32. The lowest BCUT2D eigenvalue weighted by Gasteiger charge is -2.21. The van der Waals surface area contributed by atoms with Gasteiger partial charge in [-0.2, -0.15) is 0 Å². The topological polar surface area (TPSA) is 21.3 Å². The molecule has 1 N–H and O–H groups in total. The van der Waals surface area contributed by atoms with E-state index in [4.69, 9.17) is 4.74 Å². The Labute approximate surface area is 131 Å². The zero-order chi connectivity index (χ0) is 15.1. The number of hydrogen-bond acceptors (Lipinski definition) is 3. The molecule has 0 saturated carbocycles. The lowest BCUT2D eigenvalue weighted by Crippen LogP contribution is -2.22. The van der Waals surface area contributed by atoms with Gasteiger partial charge in [0.05, 0.1) is 13.2 Å². The molecule has 112 valence electrons. The number of benzene rings is 2. The lowest BCUT2D eigenvalue weighted by molar-refractivity contribution is 0.404. The summed E-state index contributed by atoms with van der Waals surface area (Å²) < 4.78 is 5.51. The molecule has 0 radical (unpaired) electrons. The molecule has 0 aliphatic carbocycles. The maximum Gasteiger partial charge on any atom is 0.123 e. The van der Waals surface area contributed by atoms with E-state index < -0.39 is 0 Å². The number of nitrogens with one attached hydrogen (secondary N) is 1. The van der Waals surface area contributed by atoms with Crippen molar-refractivity contribution in [2.75, 3.05) is 19.4 Å². The molecule has 0 heterocycles. The number of rotatable bonds is 7. The van der Waals surface area contributed by atoms with E-state index >= 15 is 0 Å². The molecule has 0 fully saturated rings. The smallest absolute Gasteiger partial charge is 0.123 e. The van der Waals surface area contributed by atoms with Gasteiger partial charge in [-0.05, 0) is 36.1 Å². The van der Waals surface area contributed by atoms with Gasteiger partial charge in [0.25, 0.3) is 0 Å². The fourth-order valence-corrected chi connectivity index (χ4v) is 3.10. The molecule has 0 spiro atoms. The van der Waals surface area contributed by atoms with Crippen molar-refractivity contribution >= 4 is 11.8 Å². The Kier molecular flexibility index (Phi) is 6.15. The van der Waals surface area contributed by atoms with Crippen LogP contribution in [-0.2, 0) is 0 Å². The summed E-state index contributed by atoms with van der Waals surface area (Å²) in [6, 6.07) is 17.2. The van der Waals surface area contributed by atoms with Crippen molar-refractivity contribution in [1.29, 1.82) is 0 Å². The van der Waals surface area contributed by atoms with E-state index in [1.165, 1.54) is 16.0 Å². The van der Waals surface area contributed by atoms with E-state index in [-0.39, 0.29) is 6.04 Å². The average molecular weight is 301 g/mol. The summed E-state index contributed by atoms with van der Waals surface area (Å²) in [5.41, 5.74) is 2.44. The van der Waals surface area contributed by atoms with Gasteiger partial charge >= 0.3 is 0 Å². The molecule has 0 aliphatic rings. The molecule has 0 aliphatic heterocycles. The van der Waals surface area contributed by atoms with Gasteiger partial charge in [0, 0.05) is 10.5 Å². The summed E-state index contributed by atoms with van der Waals surface area (Å²) in [7, 11) is 1.73. The van der Waals surface area contributed by atoms with Gasteiger partial charge in [-0.1, -0.05) is 44.2 Å². The summed E-state index contributed by atoms with van der Waals surface area (Å²) in [5.74, 6) is 2.03. The molecule has 2 aromatic carbocycles. The van der Waals surface area contributed by atoms with Crippen LogP contribution in [0, 0.1) is 0 Å². The quantitative estimate of drug-likeness (QED) is 0.760. The highest BCUT2D eigenvalue weighted by atomic mass is 32.2. The lowest BCUT2D eigenvalue weighted by atomic mass is 9.98. The fraction of sp³-hybridized carbons (Fsp3) is 0.333. The Morgan fingerprint density at radius 3 is 2.38 bits per heavy atom. The molecule has 0 bridgehead atoms. The molecule has 1 unspecified atom stereocenters. The zero-order valence-electron chi connectivity index (χ0n) is 12.9. The van der Waals surface area contributed by atoms with Crippen molar-refractivity contribution in [2.24, 2.45) is 0 Å². The molecule has 0 saturated heterocycles. The van der Waals surface area contributed by atoms with Crippen molar-refractivity contribution in [3.05, 3.63) is 59.7 Å². The molecule has 2 nitrogen and oxygen atoms in total. The minimum absolute atomic E-state index is 0.159. The van der Waals surface area contributed by atoms with Crippen molar-refractivity contribution in [1.82, 2.24) is 5.32 Å². The molecule has 2 aromatic rings. The first-order valence-electron chi connectivity index (χ1n) is 7.39. The van der Waals surface area contributed by atoms with Crippen LogP contribution in [0.3, 0.4) is 0 Å². The monoisotopic (exact) mass is 301 g/mol. The molecule has 2 rings (SSSR count). The molecule has 0 aromatic heterocycles. The number of para-hydroxylation sites is 1. The Bertz CT molecular complexity index is 553. The highest BCUT2D eigenvalue weighted by Crippen LogP contribution is 2.30. The highest BCUT2D eigenvalue weighted by molar-refractivity contribution is 7.99. The van der Waals surface area contributed by atoms with Crippen LogP contribution in [0.15, 0.2) is 53.4 Å². The van der Waals surface area contributed by atoms with Gasteiger partial charge in [0.1, 0.15) is 5.75 Å². The SMILES string of the molecule is CCNC(c1ccc(SCC)cc1)c1ccccc1OC. The fourth-order valence-electron chi connectivity index (χ4n) is 2.44. The van der Waals surface area contributed by atoms with Crippen molar-refractivity contribution < 1.29 is 4.74 Å². The Morgan fingerprint density at radius 2 is 1.76 bits per heavy atom. The normalized spacial score (nSPS) is 12.1. The molecule has 1 atom stereocenters. The van der Waals surface area contributed by atoms with Crippen LogP contribution in [0.25, 0.3) is 0 Å². The highest BCUT2D eigenvalue weighted by Gasteiger charge is 2.16. The summed E-state index contributed by atoms with van der Waals surface area (Å²) in [6.45, 7) is 5.22. The van der Waals surface area contributed by atoms with E-state index in [2.05, 4.69) is 55.6 Å². The predicted molar refractivity (Wildman–Crippen MR) is 91.4 cm³/mol. The number of methoxy groups -OCH3 is 1. The second-order valence-corrected chi connectivity index (χ2v) is 6.07. The van der Waals surface area contributed by atoms with Crippen molar-refractivity contribution in [3.63, 3.8) is 0 Å². The van der Waals surface area contributed by atoms with Gasteiger partial charge in [0.2, 0.25) is 0 Å². The third-order valence-electron chi connectivity index (χ3n) is 3.38. The van der Waals surface area contributed by atoms with E-state index in [0.29, 0.717) is 0 Å². The molecule has 21 heavy (non-hydrogen) atoms. The second-order valence-electron chi connectivity index (χ2n) is 4.73. The summed E-state index contributed by atoms with van der Waals surface area (Å²) in [5, 5.41) is 3.55. The first kappa shape index (κ1) is 15.9. The van der Waals surface area contributed by atoms with Crippen LogP contribution in [-0.4, -0.2) is 19.4 Å². The third-order valence-corrected chi connectivity index (χ3v) is 4.28. The average Bonchev–Trinajstić information content (AvgIpc) is 2.54. The Hall–Kier alpha value is -1.45. The minimum atomic E-state index is 0.159. The minimum Gasteiger partial charge on any atom is -0.496 e. The van der Waals surface area contributed by atoms with Crippen LogP contribution in [0.4, 0.5) is 0 Å². The summed E-state index contributed by atoms with van der Waals surface area (Å²) in [6.07, 6.45) is 0. The molecule has 3 heteroatoms. The molecular weight excluding hydrogens is 278 g/mol. The van der Waals surface area contributed by atoms with Gasteiger partial charge in [0.15, 0.2) is 0 Å². The van der Waals surface area contributed by atoms with Crippen LogP contribution in [0.1, 0.15) is 31.0 Å². The van der Waals surface area contributed by atoms with Crippen molar-refractivity contribution in [3.8, 4) is 5.75 Å². The number of hydrogen-bond donors (Lipinski definition) is 1. The van der Waals surface area contributed by atoms with E-state index in [1.54, 1.807) is 7.11 Å². The number of thioether (sulfide) groups is 1. The first-order valence-corrected chi connectivity index (χ1v) is 8.37. The van der Waals surface area contributed by atoms with Crippen LogP contribution >= 0.6 is 11.8 Å². The van der Waals surface area contributed by atoms with E-state index in [0.717, 1.165) is 18.0 Å². The third kappa shape index (κ3) is 4.02. The maximum atomic E-state index is 5.51. The van der Waals surface area contributed by atoms with E-state index in [9.17, 15) is 0 Å². The van der Waals surface area contributed by atoms with Crippen LogP contribution in [0.2, 0.25) is 0 Å². The Morgan fingerprint density at radius 1 is 1.05 bits per heavy atom. The molecular formula is C18H23NOS. The first-order chi connectivity index (χ1) is 10.3. The van der Waals surface area contributed by atoms with Crippen LogP contribution < -0.4 is 10.1 Å². The maximum absolute atomic E-state index is 5.51. The second kappa shape index (κ2) is 8.11. The predicted octanol–water partition coefficient (Wildman–Crippen LogP) is 4.51. The Balaban J connectivity index is 2.33. The van der Waals surface area contributed by atoms with Gasteiger partial charge < -0.3 is 10.1 Å². The largest absolute Gasteiger partial charge is 0.496 e. The van der Waals surface area contributed by atoms with Crippen molar-refractivity contribution in [2.45, 2.75) is 24.8 Å². The zero-order valence-corrected chi connectivity index (χ0v) is 13.7. The summed E-state index contributed by atoms with van der Waals surface area (Å²) >= 11 is 1.87. The van der Waals surface area contributed by atoms with E-state index in [1.807, 2.05) is 23.9 Å².